The van der Waals surface area contributed by atoms with Crippen molar-refractivity contribution in [1.82, 2.24) is 0 Å². The Kier molecular flexibility index (Phi) is 7.40. The molecule has 0 atom stereocenters. The summed E-state index contributed by atoms with van der Waals surface area (Å²) in [5, 5.41) is 6.54. The SMILES string of the molecule is Cc1c(Cl)cccc1NC(=O)CSc1ccc(NC(=O)C2CCCCC2)cc1. The summed E-state index contributed by atoms with van der Waals surface area (Å²) in [4.78, 5) is 25.5. The minimum Gasteiger partial charge on any atom is -0.326 e. The summed E-state index contributed by atoms with van der Waals surface area (Å²) in [6.07, 6.45) is 5.50. The third-order valence-electron chi connectivity index (χ3n) is 5.01. The fourth-order valence-corrected chi connectivity index (χ4v) is 4.19. The van der Waals surface area contributed by atoms with Crippen molar-refractivity contribution < 1.29 is 9.59 Å². The number of carbonyl (C=O) groups excluding carboxylic acids is 2. The molecule has 2 aromatic rings. The van der Waals surface area contributed by atoms with Crippen LogP contribution in [0.2, 0.25) is 5.02 Å². The van der Waals surface area contributed by atoms with Crippen molar-refractivity contribution in [3.63, 3.8) is 0 Å². The van der Waals surface area contributed by atoms with Gasteiger partial charge in [-0.05, 0) is 61.7 Å². The van der Waals surface area contributed by atoms with Crippen molar-refractivity contribution in [2.75, 3.05) is 16.4 Å². The Labute approximate surface area is 175 Å². The molecule has 0 heterocycles. The van der Waals surface area contributed by atoms with Crippen molar-refractivity contribution in [3.8, 4) is 0 Å². The van der Waals surface area contributed by atoms with Gasteiger partial charge >= 0.3 is 0 Å². The van der Waals surface area contributed by atoms with Crippen LogP contribution in [-0.4, -0.2) is 17.6 Å². The highest BCUT2D eigenvalue weighted by Gasteiger charge is 2.20. The normalized spacial score (nSPS) is 14.5. The zero-order valence-corrected chi connectivity index (χ0v) is 17.5. The first-order valence-electron chi connectivity index (χ1n) is 9.61. The highest BCUT2D eigenvalue weighted by Crippen LogP contribution is 2.26. The lowest BCUT2D eigenvalue weighted by Gasteiger charge is -2.20. The maximum Gasteiger partial charge on any atom is 0.234 e. The molecule has 28 heavy (non-hydrogen) atoms. The second-order valence-corrected chi connectivity index (χ2v) is 8.55. The lowest BCUT2D eigenvalue weighted by Crippen LogP contribution is -2.24. The Morgan fingerprint density at radius 1 is 1.04 bits per heavy atom. The first-order chi connectivity index (χ1) is 13.5. The van der Waals surface area contributed by atoms with Crippen LogP contribution in [0.3, 0.4) is 0 Å². The summed E-state index contributed by atoms with van der Waals surface area (Å²) < 4.78 is 0. The van der Waals surface area contributed by atoms with Gasteiger partial charge in [-0.15, -0.1) is 11.8 Å². The van der Waals surface area contributed by atoms with Gasteiger partial charge in [0.15, 0.2) is 0 Å². The van der Waals surface area contributed by atoms with Crippen LogP contribution in [0, 0.1) is 12.8 Å². The molecule has 1 saturated carbocycles. The Morgan fingerprint density at radius 2 is 1.75 bits per heavy atom. The average molecular weight is 417 g/mol. The molecule has 0 spiro atoms. The maximum absolute atomic E-state index is 12.3. The first-order valence-corrected chi connectivity index (χ1v) is 11.0. The van der Waals surface area contributed by atoms with E-state index in [-0.39, 0.29) is 17.7 Å². The van der Waals surface area contributed by atoms with Gasteiger partial charge in [0, 0.05) is 27.2 Å². The lowest BCUT2D eigenvalue weighted by atomic mass is 9.88. The quantitative estimate of drug-likeness (QED) is 0.576. The van der Waals surface area contributed by atoms with Gasteiger partial charge in [-0.3, -0.25) is 9.59 Å². The summed E-state index contributed by atoms with van der Waals surface area (Å²) in [5.41, 5.74) is 2.40. The van der Waals surface area contributed by atoms with E-state index in [1.54, 1.807) is 6.07 Å². The van der Waals surface area contributed by atoms with Gasteiger partial charge in [-0.1, -0.05) is 36.9 Å². The van der Waals surface area contributed by atoms with E-state index in [1.165, 1.54) is 18.2 Å². The Morgan fingerprint density at radius 3 is 2.46 bits per heavy atom. The Bertz CT molecular complexity index is 833. The van der Waals surface area contributed by atoms with Gasteiger partial charge < -0.3 is 10.6 Å². The fourth-order valence-electron chi connectivity index (χ4n) is 3.32. The minimum atomic E-state index is -0.0787. The van der Waals surface area contributed by atoms with Crippen molar-refractivity contribution in [1.29, 1.82) is 0 Å². The third-order valence-corrected chi connectivity index (χ3v) is 6.43. The molecule has 3 rings (SSSR count). The van der Waals surface area contributed by atoms with Gasteiger partial charge in [0.1, 0.15) is 0 Å². The van der Waals surface area contributed by atoms with E-state index in [2.05, 4.69) is 10.6 Å². The van der Waals surface area contributed by atoms with Gasteiger partial charge in [-0.2, -0.15) is 0 Å². The van der Waals surface area contributed by atoms with E-state index >= 15 is 0 Å². The molecular weight excluding hydrogens is 392 g/mol. The summed E-state index contributed by atoms with van der Waals surface area (Å²) in [7, 11) is 0. The van der Waals surface area contributed by atoms with Crippen molar-refractivity contribution in [2.24, 2.45) is 5.92 Å². The van der Waals surface area contributed by atoms with E-state index in [0.29, 0.717) is 10.8 Å². The second kappa shape index (κ2) is 9.99. The molecular formula is C22H25ClN2O2S. The average Bonchev–Trinajstić information content (AvgIpc) is 2.71. The number of nitrogens with one attached hydrogen (secondary N) is 2. The number of thioether (sulfide) groups is 1. The number of carbonyl (C=O) groups is 2. The van der Waals surface area contributed by atoms with Gasteiger partial charge in [0.25, 0.3) is 0 Å². The molecule has 0 unspecified atom stereocenters. The number of rotatable bonds is 6. The van der Waals surface area contributed by atoms with Crippen LogP contribution < -0.4 is 10.6 Å². The highest BCUT2D eigenvalue weighted by atomic mass is 35.5. The highest BCUT2D eigenvalue weighted by molar-refractivity contribution is 8.00. The number of amides is 2. The van der Waals surface area contributed by atoms with E-state index in [4.69, 9.17) is 11.6 Å². The Balaban J connectivity index is 1.48. The summed E-state index contributed by atoms with van der Waals surface area (Å²) >= 11 is 7.54. The number of hydrogen-bond donors (Lipinski definition) is 2. The lowest BCUT2D eigenvalue weighted by molar-refractivity contribution is -0.120. The van der Waals surface area contributed by atoms with E-state index in [9.17, 15) is 9.59 Å². The van der Waals surface area contributed by atoms with Crippen molar-refractivity contribution >= 4 is 46.6 Å². The standard InChI is InChI=1S/C22H25ClN2O2S/c1-15-19(23)8-5-9-20(15)25-21(26)14-28-18-12-10-17(11-13-18)24-22(27)16-6-3-2-4-7-16/h5,8-13,16H,2-4,6-7,14H2,1H3,(H,24,27)(H,25,26). The van der Waals surface area contributed by atoms with Crippen molar-refractivity contribution in [2.45, 2.75) is 43.9 Å². The van der Waals surface area contributed by atoms with Gasteiger partial charge in [0.05, 0.1) is 5.75 Å². The third kappa shape index (κ3) is 5.76. The predicted octanol–water partition coefficient (Wildman–Crippen LogP) is 5.90. The van der Waals surface area contributed by atoms with E-state index < -0.39 is 0 Å². The topological polar surface area (TPSA) is 58.2 Å². The van der Waals surface area contributed by atoms with Crippen LogP contribution in [0.5, 0.6) is 0 Å². The van der Waals surface area contributed by atoms with Crippen LogP contribution in [-0.2, 0) is 9.59 Å². The molecule has 0 saturated heterocycles. The molecule has 0 aliphatic heterocycles. The zero-order valence-electron chi connectivity index (χ0n) is 16.0. The molecule has 2 N–H and O–H groups in total. The number of halogens is 1. The minimum absolute atomic E-state index is 0.0787. The molecule has 2 aromatic carbocycles. The maximum atomic E-state index is 12.3. The fraction of sp³-hybridized carbons (Fsp3) is 0.364. The van der Waals surface area contributed by atoms with Crippen LogP contribution in [0.4, 0.5) is 11.4 Å². The summed E-state index contributed by atoms with van der Waals surface area (Å²) in [6.45, 7) is 1.88. The Hall–Kier alpha value is -1.98. The molecule has 1 aliphatic carbocycles. The molecule has 1 aliphatic rings. The summed E-state index contributed by atoms with van der Waals surface area (Å²) in [5.74, 6) is 0.488. The largest absolute Gasteiger partial charge is 0.326 e. The van der Waals surface area contributed by atoms with Crippen LogP contribution >= 0.6 is 23.4 Å². The predicted molar refractivity (Wildman–Crippen MR) is 117 cm³/mol. The monoisotopic (exact) mass is 416 g/mol. The molecule has 2 amide bonds. The first kappa shape index (κ1) is 20.7. The van der Waals surface area contributed by atoms with Gasteiger partial charge in [0.2, 0.25) is 11.8 Å². The number of benzene rings is 2. The molecule has 0 aromatic heterocycles. The van der Waals surface area contributed by atoms with Crippen LogP contribution in [0.1, 0.15) is 37.7 Å². The molecule has 4 nitrogen and oxygen atoms in total. The van der Waals surface area contributed by atoms with E-state index in [0.717, 1.165) is 47.5 Å². The molecule has 0 bridgehead atoms. The van der Waals surface area contributed by atoms with Crippen LogP contribution in [0.25, 0.3) is 0 Å². The molecule has 148 valence electrons. The molecule has 6 heteroatoms. The smallest absolute Gasteiger partial charge is 0.234 e. The molecule has 0 radical (unpaired) electrons. The number of anilines is 2. The van der Waals surface area contributed by atoms with Crippen molar-refractivity contribution in [3.05, 3.63) is 53.1 Å². The van der Waals surface area contributed by atoms with Gasteiger partial charge in [-0.25, -0.2) is 0 Å². The number of hydrogen-bond acceptors (Lipinski definition) is 3. The molecule has 1 fully saturated rings. The van der Waals surface area contributed by atoms with Crippen LogP contribution in [0.15, 0.2) is 47.4 Å². The van der Waals surface area contributed by atoms with E-state index in [1.807, 2.05) is 43.3 Å². The zero-order chi connectivity index (χ0) is 19.9. The second-order valence-electron chi connectivity index (χ2n) is 7.10. The summed E-state index contributed by atoms with van der Waals surface area (Å²) in [6, 6.07) is 13.1.